The van der Waals surface area contributed by atoms with E-state index in [1.54, 1.807) is 0 Å². The number of aromatic nitrogens is 2. The van der Waals surface area contributed by atoms with Gasteiger partial charge in [0.2, 0.25) is 0 Å². The summed E-state index contributed by atoms with van der Waals surface area (Å²) in [4.78, 5) is 7.45. The Labute approximate surface area is 86.3 Å². The number of H-pyrrole nitrogens is 1. The van der Waals surface area contributed by atoms with Gasteiger partial charge in [-0.05, 0) is 15.9 Å². The Morgan fingerprint density at radius 3 is 2.54 bits per heavy atom. The molecule has 4 heteroatoms. The van der Waals surface area contributed by atoms with Gasteiger partial charge in [-0.3, -0.25) is 0 Å². The molecule has 0 unspecified atom stereocenters. The van der Waals surface area contributed by atoms with E-state index in [2.05, 4.69) is 52.7 Å². The normalized spacial score (nSPS) is 11.3. The predicted octanol–water partition coefficient (Wildman–Crippen LogP) is 2.54. The molecule has 70 valence electrons. The first kappa shape index (κ1) is 10.3. The van der Waals surface area contributed by atoms with E-state index < -0.39 is 0 Å². The standard InChI is InChI=1S/C9H12BrN3/c1-9(2,3)8-12-6(4-5-11)7(10)13-8/h4H2,1-3H3,(H,12,13). The molecule has 13 heavy (non-hydrogen) atoms. The summed E-state index contributed by atoms with van der Waals surface area (Å²) >= 11 is 3.32. The number of nitrogens with zero attached hydrogens (tertiary/aromatic N) is 2. The van der Waals surface area contributed by atoms with Crippen LogP contribution in [0.5, 0.6) is 0 Å². The number of imidazole rings is 1. The molecule has 0 atom stereocenters. The van der Waals surface area contributed by atoms with Crippen LogP contribution >= 0.6 is 15.9 Å². The van der Waals surface area contributed by atoms with Gasteiger partial charge in [0.15, 0.2) is 0 Å². The molecule has 0 saturated heterocycles. The lowest BCUT2D eigenvalue weighted by atomic mass is 9.96. The number of nitrogens with one attached hydrogen (secondary N) is 1. The molecule has 0 aliphatic rings. The summed E-state index contributed by atoms with van der Waals surface area (Å²) < 4.78 is 0.749. The summed E-state index contributed by atoms with van der Waals surface area (Å²) in [6, 6.07) is 2.09. The maximum absolute atomic E-state index is 8.54. The van der Waals surface area contributed by atoms with Gasteiger partial charge >= 0.3 is 0 Å². The highest BCUT2D eigenvalue weighted by Gasteiger charge is 2.19. The van der Waals surface area contributed by atoms with Gasteiger partial charge in [0.25, 0.3) is 0 Å². The third-order valence-corrected chi connectivity index (χ3v) is 2.35. The van der Waals surface area contributed by atoms with Gasteiger partial charge in [-0.15, -0.1) is 0 Å². The zero-order valence-corrected chi connectivity index (χ0v) is 9.57. The van der Waals surface area contributed by atoms with Crippen molar-refractivity contribution in [1.29, 1.82) is 5.26 Å². The third kappa shape index (κ3) is 2.31. The van der Waals surface area contributed by atoms with Crippen LogP contribution in [0.15, 0.2) is 4.60 Å². The van der Waals surface area contributed by atoms with Gasteiger partial charge in [0, 0.05) is 5.41 Å². The minimum Gasteiger partial charge on any atom is -0.344 e. The molecule has 0 fully saturated rings. The second-order valence-corrected chi connectivity index (χ2v) is 4.69. The Hall–Kier alpha value is -0.820. The highest BCUT2D eigenvalue weighted by Crippen LogP contribution is 2.23. The zero-order valence-electron chi connectivity index (χ0n) is 7.98. The van der Waals surface area contributed by atoms with E-state index in [4.69, 9.17) is 5.26 Å². The molecule has 1 rings (SSSR count). The minimum atomic E-state index is -0.00374. The largest absolute Gasteiger partial charge is 0.344 e. The van der Waals surface area contributed by atoms with Crippen LogP contribution in [0.4, 0.5) is 0 Å². The lowest BCUT2D eigenvalue weighted by Gasteiger charge is -2.13. The first-order valence-corrected chi connectivity index (χ1v) is 4.86. The molecule has 0 saturated carbocycles. The van der Waals surface area contributed by atoms with Crippen molar-refractivity contribution in [1.82, 2.24) is 9.97 Å². The maximum atomic E-state index is 8.54. The van der Waals surface area contributed by atoms with Gasteiger partial charge < -0.3 is 4.98 Å². The van der Waals surface area contributed by atoms with E-state index in [1.807, 2.05) is 0 Å². The van der Waals surface area contributed by atoms with Crippen LogP contribution in [-0.2, 0) is 11.8 Å². The first-order valence-electron chi connectivity index (χ1n) is 4.07. The number of nitriles is 1. The van der Waals surface area contributed by atoms with Crippen LogP contribution < -0.4 is 0 Å². The van der Waals surface area contributed by atoms with E-state index in [0.29, 0.717) is 6.42 Å². The second kappa shape index (κ2) is 3.51. The summed E-state index contributed by atoms with van der Waals surface area (Å²) in [5.41, 5.74) is 0.850. The monoisotopic (exact) mass is 241 g/mol. The Bertz CT molecular complexity index is 341. The number of aromatic amines is 1. The highest BCUT2D eigenvalue weighted by molar-refractivity contribution is 9.10. The SMILES string of the molecule is CC(C)(C)c1nc(Br)c(CC#N)[nH]1. The molecule has 1 heterocycles. The second-order valence-electron chi connectivity index (χ2n) is 3.94. The van der Waals surface area contributed by atoms with Gasteiger partial charge in [-0.25, -0.2) is 4.98 Å². The van der Waals surface area contributed by atoms with Crippen LogP contribution in [-0.4, -0.2) is 9.97 Å². The van der Waals surface area contributed by atoms with Crippen molar-refractivity contribution in [3.05, 3.63) is 16.1 Å². The fourth-order valence-corrected chi connectivity index (χ4v) is 1.36. The van der Waals surface area contributed by atoms with Crippen LogP contribution in [0.3, 0.4) is 0 Å². The van der Waals surface area contributed by atoms with Crippen LogP contribution in [0.2, 0.25) is 0 Å². The molecule has 3 nitrogen and oxygen atoms in total. The summed E-state index contributed by atoms with van der Waals surface area (Å²) in [5, 5.41) is 8.54. The van der Waals surface area contributed by atoms with Crippen LogP contribution in [0.25, 0.3) is 0 Å². The molecule has 0 amide bonds. The molecule has 0 bridgehead atoms. The molecule has 0 aliphatic carbocycles. The maximum Gasteiger partial charge on any atom is 0.128 e. The lowest BCUT2D eigenvalue weighted by molar-refractivity contribution is 0.551. The summed E-state index contributed by atoms with van der Waals surface area (Å²) in [5.74, 6) is 0.907. The third-order valence-electron chi connectivity index (χ3n) is 1.69. The van der Waals surface area contributed by atoms with E-state index >= 15 is 0 Å². The van der Waals surface area contributed by atoms with Crippen LogP contribution in [0, 0.1) is 11.3 Å². The van der Waals surface area contributed by atoms with Crippen molar-refractivity contribution in [3.8, 4) is 6.07 Å². The van der Waals surface area contributed by atoms with Crippen molar-refractivity contribution in [2.75, 3.05) is 0 Å². The Morgan fingerprint density at radius 2 is 2.15 bits per heavy atom. The molecule has 0 aromatic carbocycles. The van der Waals surface area contributed by atoms with E-state index in [1.165, 1.54) is 0 Å². The molecule has 0 radical (unpaired) electrons. The van der Waals surface area contributed by atoms with E-state index in [-0.39, 0.29) is 5.41 Å². The molecular weight excluding hydrogens is 230 g/mol. The average Bonchev–Trinajstić information content (AvgIpc) is 2.32. The highest BCUT2D eigenvalue weighted by atomic mass is 79.9. The lowest BCUT2D eigenvalue weighted by Crippen LogP contribution is -2.13. The van der Waals surface area contributed by atoms with Gasteiger partial charge in [0.1, 0.15) is 10.4 Å². The van der Waals surface area contributed by atoms with Gasteiger partial charge in [-0.1, -0.05) is 20.8 Å². The average molecular weight is 242 g/mol. The number of rotatable bonds is 1. The predicted molar refractivity (Wildman–Crippen MR) is 54.3 cm³/mol. The molecule has 0 spiro atoms. The van der Waals surface area contributed by atoms with Crippen molar-refractivity contribution in [3.63, 3.8) is 0 Å². The van der Waals surface area contributed by atoms with E-state index in [9.17, 15) is 0 Å². The van der Waals surface area contributed by atoms with Crippen molar-refractivity contribution >= 4 is 15.9 Å². The summed E-state index contributed by atoms with van der Waals surface area (Å²) in [7, 11) is 0. The fourth-order valence-electron chi connectivity index (χ4n) is 0.939. The summed E-state index contributed by atoms with van der Waals surface area (Å²) in [6.07, 6.45) is 0.365. The quantitative estimate of drug-likeness (QED) is 0.822. The molecule has 1 aromatic heterocycles. The smallest absolute Gasteiger partial charge is 0.128 e. The number of hydrogen-bond acceptors (Lipinski definition) is 2. The topological polar surface area (TPSA) is 52.5 Å². The van der Waals surface area contributed by atoms with Crippen molar-refractivity contribution < 1.29 is 0 Å². The van der Waals surface area contributed by atoms with Gasteiger partial charge in [0.05, 0.1) is 18.2 Å². The molecule has 0 aliphatic heterocycles. The van der Waals surface area contributed by atoms with Gasteiger partial charge in [-0.2, -0.15) is 5.26 Å². The zero-order chi connectivity index (χ0) is 10.1. The van der Waals surface area contributed by atoms with E-state index in [0.717, 1.165) is 16.1 Å². The van der Waals surface area contributed by atoms with Crippen molar-refractivity contribution in [2.24, 2.45) is 0 Å². The van der Waals surface area contributed by atoms with Crippen LogP contribution in [0.1, 0.15) is 32.3 Å². The fraction of sp³-hybridized carbons (Fsp3) is 0.556. The summed E-state index contributed by atoms with van der Waals surface area (Å²) in [6.45, 7) is 6.23. The molecule has 1 N–H and O–H groups in total. The number of halogens is 1. The molecular formula is C9H12BrN3. The number of hydrogen-bond donors (Lipinski definition) is 1. The first-order chi connectivity index (χ1) is 5.95. The van der Waals surface area contributed by atoms with Crippen molar-refractivity contribution in [2.45, 2.75) is 32.6 Å². The Kier molecular flexibility index (Phi) is 2.77. The molecule has 1 aromatic rings. The minimum absolute atomic E-state index is 0.00374. The Balaban J connectivity index is 3.04. The Morgan fingerprint density at radius 1 is 1.54 bits per heavy atom.